The van der Waals surface area contributed by atoms with E-state index in [1.54, 1.807) is 0 Å². The first kappa shape index (κ1) is 16.5. The molecule has 2 nitrogen and oxygen atoms in total. The predicted molar refractivity (Wildman–Crippen MR) is 91.8 cm³/mol. The molecule has 0 bridgehead atoms. The topological polar surface area (TPSA) is 15.3 Å². The minimum atomic E-state index is 0.662. The van der Waals surface area contributed by atoms with Crippen LogP contribution in [0.3, 0.4) is 0 Å². The van der Waals surface area contributed by atoms with Gasteiger partial charge in [-0.05, 0) is 31.2 Å². The molecule has 1 saturated heterocycles. The van der Waals surface area contributed by atoms with Crippen LogP contribution in [0.25, 0.3) is 0 Å². The average molecular weight is 288 g/mol. The first-order valence-corrected chi connectivity index (χ1v) is 8.67. The van der Waals surface area contributed by atoms with Gasteiger partial charge in [0.25, 0.3) is 0 Å². The number of hydrogen-bond acceptors (Lipinski definition) is 2. The first-order chi connectivity index (χ1) is 10.1. The number of nitrogens with zero attached hydrogens (tertiary/aromatic N) is 1. The number of aryl methyl sites for hydroxylation is 1. The van der Waals surface area contributed by atoms with Gasteiger partial charge in [-0.1, -0.05) is 57.0 Å². The Kier molecular flexibility index (Phi) is 6.25. The second kappa shape index (κ2) is 7.95. The lowest BCUT2D eigenvalue weighted by Crippen LogP contribution is -2.58. The Labute approximate surface area is 130 Å². The normalized spacial score (nSPS) is 25.0. The molecule has 1 N–H and O–H groups in total. The van der Waals surface area contributed by atoms with Gasteiger partial charge in [0.05, 0.1) is 0 Å². The SMILES string of the molecule is CCC(C)C1CN(CCc2cccc(C)c2)C(CC)CN1. The standard InChI is InChI=1S/C19H32N2/c1-5-16(4)19-14-21(18(6-2)13-20-19)11-10-17-9-7-8-15(3)12-17/h7-9,12,16,18-20H,5-6,10-11,13-14H2,1-4H3. The van der Waals surface area contributed by atoms with Crippen molar-refractivity contribution in [2.45, 2.75) is 59.0 Å². The summed E-state index contributed by atoms with van der Waals surface area (Å²) in [4.78, 5) is 2.72. The zero-order valence-electron chi connectivity index (χ0n) is 14.2. The van der Waals surface area contributed by atoms with Gasteiger partial charge in [-0.2, -0.15) is 0 Å². The summed E-state index contributed by atoms with van der Waals surface area (Å²) in [5, 5.41) is 3.77. The lowest BCUT2D eigenvalue weighted by molar-refractivity contribution is 0.107. The van der Waals surface area contributed by atoms with Crippen LogP contribution in [-0.2, 0) is 6.42 Å². The molecule has 0 aliphatic carbocycles. The van der Waals surface area contributed by atoms with E-state index >= 15 is 0 Å². The van der Waals surface area contributed by atoms with Crippen molar-refractivity contribution in [1.29, 1.82) is 0 Å². The lowest BCUT2D eigenvalue weighted by Gasteiger charge is -2.42. The maximum absolute atomic E-state index is 3.77. The molecule has 3 atom stereocenters. The Morgan fingerprint density at radius 1 is 1.33 bits per heavy atom. The summed E-state index contributed by atoms with van der Waals surface area (Å²) >= 11 is 0. The van der Waals surface area contributed by atoms with E-state index in [2.05, 4.69) is 62.2 Å². The third-order valence-electron chi connectivity index (χ3n) is 5.14. The second-order valence-corrected chi connectivity index (χ2v) is 6.70. The van der Waals surface area contributed by atoms with Crippen LogP contribution in [-0.4, -0.2) is 36.6 Å². The van der Waals surface area contributed by atoms with Crippen LogP contribution in [0.1, 0.15) is 44.7 Å². The van der Waals surface area contributed by atoms with Gasteiger partial charge in [-0.3, -0.25) is 4.90 Å². The molecule has 0 saturated carbocycles. The molecule has 0 amide bonds. The van der Waals surface area contributed by atoms with Gasteiger partial charge >= 0.3 is 0 Å². The summed E-state index contributed by atoms with van der Waals surface area (Å²) in [6, 6.07) is 10.3. The van der Waals surface area contributed by atoms with Crippen molar-refractivity contribution in [1.82, 2.24) is 10.2 Å². The molecule has 2 heteroatoms. The fraction of sp³-hybridized carbons (Fsp3) is 0.684. The van der Waals surface area contributed by atoms with E-state index in [-0.39, 0.29) is 0 Å². The molecule has 1 aromatic rings. The zero-order valence-corrected chi connectivity index (χ0v) is 14.2. The van der Waals surface area contributed by atoms with Crippen LogP contribution in [0.2, 0.25) is 0 Å². The van der Waals surface area contributed by atoms with Gasteiger partial charge in [-0.25, -0.2) is 0 Å². The summed E-state index contributed by atoms with van der Waals surface area (Å²) in [5.74, 6) is 0.768. The molecule has 2 rings (SSSR count). The minimum absolute atomic E-state index is 0.662. The molecule has 1 aliphatic heterocycles. The maximum atomic E-state index is 3.77. The van der Waals surface area contributed by atoms with Crippen molar-refractivity contribution >= 4 is 0 Å². The van der Waals surface area contributed by atoms with Crippen molar-refractivity contribution in [3.63, 3.8) is 0 Å². The Morgan fingerprint density at radius 3 is 2.81 bits per heavy atom. The summed E-state index contributed by atoms with van der Waals surface area (Å²) < 4.78 is 0. The first-order valence-electron chi connectivity index (χ1n) is 8.67. The van der Waals surface area contributed by atoms with E-state index in [4.69, 9.17) is 0 Å². The van der Waals surface area contributed by atoms with Crippen molar-refractivity contribution in [3.05, 3.63) is 35.4 Å². The van der Waals surface area contributed by atoms with Crippen molar-refractivity contribution < 1.29 is 0 Å². The lowest BCUT2D eigenvalue weighted by atomic mass is 9.94. The molecule has 118 valence electrons. The van der Waals surface area contributed by atoms with Crippen LogP contribution in [0.5, 0.6) is 0 Å². The monoisotopic (exact) mass is 288 g/mol. The summed E-state index contributed by atoms with van der Waals surface area (Å²) in [6.07, 6.45) is 3.68. The number of rotatable bonds is 6. The van der Waals surface area contributed by atoms with Gasteiger partial charge in [0, 0.05) is 31.7 Å². The van der Waals surface area contributed by atoms with Crippen LogP contribution in [0.4, 0.5) is 0 Å². The largest absolute Gasteiger partial charge is 0.311 e. The average Bonchev–Trinajstić information content (AvgIpc) is 2.52. The molecule has 1 fully saturated rings. The third kappa shape index (κ3) is 4.55. The number of nitrogens with one attached hydrogen (secondary N) is 1. The summed E-state index contributed by atoms with van der Waals surface area (Å²) in [7, 11) is 0. The van der Waals surface area contributed by atoms with Crippen LogP contribution in [0.15, 0.2) is 24.3 Å². The highest BCUT2D eigenvalue weighted by atomic mass is 15.2. The molecule has 0 aromatic heterocycles. The number of piperazine rings is 1. The Balaban J connectivity index is 1.94. The van der Waals surface area contributed by atoms with E-state index < -0.39 is 0 Å². The van der Waals surface area contributed by atoms with Crippen molar-refractivity contribution in [3.8, 4) is 0 Å². The molecule has 0 spiro atoms. The van der Waals surface area contributed by atoms with Crippen LogP contribution < -0.4 is 5.32 Å². The van der Waals surface area contributed by atoms with Crippen LogP contribution in [0, 0.1) is 12.8 Å². The molecule has 1 heterocycles. The van der Waals surface area contributed by atoms with Gasteiger partial charge < -0.3 is 5.32 Å². The van der Waals surface area contributed by atoms with E-state index in [0.717, 1.165) is 12.5 Å². The maximum Gasteiger partial charge on any atom is 0.0221 e. The molecule has 1 aromatic carbocycles. The molecule has 1 aliphatic rings. The Morgan fingerprint density at radius 2 is 2.14 bits per heavy atom. The number of benzene rings is 1. The minimum Gasteiger partial charge on any atom is -0.311 e. The highest BCUT2D eigenvalue weighted by Gasteiger charge is 2.28. The van der Waals surface area contributed by atoms with E-state index in [0.29, 0.717) is 12.1 Å². The van der Waals surface area contributed by atoms with E-state index in [9.17, 15) is 0 Å². The van der Waals surface area contributed by atoms with Crippen molar-refractivity contribution in [2.75, 3.05) is 19.6 Å². The zero-order chi connectivity index (χ0) is 15.2. The molecular formula is C19H32N2. The molecule has 0 radical (unpaired) electrons. The molecule has 3 unspecified atom stereocenters. The second-order valence-electron chi connectivity index (χ2n) is 6.70. The Bertz CT molecular complexity index is 429. The van der Waals surface area contributed by atoms with Gasteiger partial charge in [0.1, 0.15) is 0 Å². The van der Waals surface area contributed by atoms with Gasteiger partial charge in [-0.15, -0.1) is 0 Å². The number of hydrogen-bond donors (Lipinski definition) is 1. The summed E-state index contributed by atoms with van der Waals surface area (Å²) in [5.41, 5.74) is 2.85. The third-order valence-corrected chi connectivity index (χ3v) is 5.14. The van der Waals surface area contributed by atoms with E-state index in [1.807, 2.05) is 0 Å². The van der Waals surface area contributed by atoms with Crippen LogP contribution >= 0.6 is 0 Å². The highest BCUT2D eigenvalue weighted by Crippen LogP contribution is 2.18. The van der Waals surface area contributed by atoms with Crippen molar-refractivity contribution in [2.24, 2.45) is 5.92 Å². The van der Waals surface area contributed by atoms with Gasteiger partial charge in [0.15, 0.2) is 0 Å². The summed E-state index contributed by atoms with van der Waals surface area (Å²) in [6.45, 7) is 12.7. The fourth-order valence-electron chi connectivity index (χ4n) is 3.37. The van der Waals surface area contributed by atoms with E-state index in [1.165, 1.54) is 43.5 Å². The molecular weight excluding hydrogens is 256 g/mol. The Hall–Kier alpha value is -0.860. The quantitative estimate of drug-likeness (QED) is 0.860. The molecule has 21 heavy (non-hydrogen) atoms. The fourth-order valence-corrected chi connectivity index (χ4v) is 3.37. The smallest absolute Gasteiger partial charge is 0.0221 e. The predicted octanol–water partition coefficient (Wildman–Crippen LogP) is 3.64. The van der Waals surface area contributed by atoms with Gasteiger partial charge in [0.2, 0.25) is 0 Å². The highest BCUT2D eigenvalue weighted by molar-refractivity contribution is 5.22.